The summed E-state index contributed by atoms with van der Waals surface area (Å²) in [7, 11) is 2.05. The number of benzene rings is 1. The van der Waals surface area contributed by atoms with E-state index in [0.29, 0.717) is 31.2 Å². The van der Waals surface area contributed by atoms with E-state index in [1.54, 1.807) is 24.3 Å². The van der Waals surface area contributed by atoms with E-state index in [1.807, 2.05) is 6.07 Å². The van der Waals surface area contributed by atoms with Gasteiger partial charge in [-0.15, -0.1) is 22.7 Å². The van der Waals surface area contributed by atoms with Crippen molar-refractivity contribution in [2.75, 3.05) is 24.6 Å². The maximum Gasteiger partial charge on any atom is 0.284 e. The zero-order valence-electron chi connectivity index (χ0n) is 16.2. The third kappa shape index (κ3) is 4.49. The Hall–Kier alpha value is -2.46. The zero-order chi connectivity index (χ0) is 21.3. The molecule has 1 aliphatic heterocycles. The Morgan fingerprint density at radius 3 is 2.83 bits per heavy atom. The molecule has 2 amide bonds. The van der Waals surface area contributed by atoms with Crippen LogP contribution in [-0.2, 0) is 19.5 Å². The van der Waals surface area contributed by atoms with Crippen LogP contribution in [0.1, 0.15) is 35.6 Å². The monoisotopic (exact) mass is 461 g/mol. The molecule has 0 spiro atoms. The molecule has 2 aromatic heterocycles. The van der Waals surface area contributed by atoms with Crippen LogP contribution in [0, 0.1) is 0 Å². The Kier molecular flexibility index (Phi) is 6.05. The number of halogens is 1. The van der Waals surface area contributed by atoms with Crippen LogP contribution in [0.2, 0.25) is 4.34 Å². The van der Waals surface area contributed by atoms with Crippen LogP contribution < -0.4 is 16.4 Å². The highest BCUT2D eigenvalue weighted by molar-refractivity contribution is 7.18. The van der Waals surface area contributed by atoms with Gasteiger partial charge in [0, 0.05) is 30.9 Å². The van der Waals surface area contributed by atoms with Gasteiger partial charge in [-0.3, -0.25) is 9.59 Å². The lowest BCUT2D eigenvalue weighted by atomic mass is 10.1. The summed E-state index contributed by atoms with van der Waals surface area (Å²) >= 11 is 8.51. The molecule has 0 bridgehead atoms. The molecular formula is C20H20ClN5O2S2. The number of carbonyl (C=O) groups excluding carboxylic acids is 2. The van der Waals surface area contributed by atoms with Gasteiger partial charge in [-0.2, -0.15) is 0 Å². The Morgan fingerprint density at radius 1 is 1.23 bits per heavy atom. The number of nitrogens with zero attached hydrogens (tertiary/aromatic N) is 2. The van der Waals surface area contributed by atoms with Crippen molar-refractivity contribution >= 4 is 57.5 Å². The van der Waals surface area contributed by atoms with Crippen molar-refractivity contribution in [3.63, 3.8) is 0 Å². The largest absolute Gasteiger partial charge is 0.397 e. The third-order valence-electron chi connectivity index (χ3n) is 4.77. The van der Waals surface area contributed by atoms with E-state index in [-0.39, 0.29) is 18.4 Å². The van der Waals surface area contributed by atoms with Crippen molar-refractivity contribution in [3.05, 3.63) is 60.7 Å². The molecule has 156 valence electrons. The number of hydrogen-bond acceptors (Lipinski definition) is 7. The highest BCUT2D eigenvalue weighted by Gasteiger charge is 2.22. The van der Waals surface area contributed by atoms with Crippen LogP contribution in [-0.4, -0.2) is 35.3 Å². The fraction of sp³-hybridized carbons (Fsp3) is 0.250. The number of amides is 2. The Bertz CT molecular complexity index is 1110. The molecule has 0 aliphatic carbocycles. The van der Waals surface area contributed by atoms with Crippen LogP contribution in [0.3, 0.4) is 0 Å². The number of nitrogens with two attached hydrogens (primary N) is 1. The van der Waals surface area contributed by atoms with Gasteiger partial charge in [0.1, 0.15) is 0 Å². The van der Waals surface area contributed by atoms with E-state index in [1.165, 1.54) is 22.7 Å². The maximum atomic E-state index is 12.8. The molecule has 0 saturated carbocycles. The number of carbonyl (C=O) groups is 2. The summed E-state index contributed by atoms with van der Waals surface area (Å²) in [5, 5.41) is 6.14. The highest BCUT2D eigenvalue weighted by Crippen LogP contribution is 2.28. The van der Waals surface area contributed by atoms with E-state index in [2.05, 4.69) is 27.6 Å². The molecule has 3 aromatic rings. The lowest BCUT2D eigenvalue weighted by Gasteiger charge is -2.20. The summed E-state index contributed by atoms with van der Waals surface area (Å²) in [5.41, 5.74) is 8.73. The molecule has 7 nitrogen and oxygen atoms in total. The van der Waals surface area contributed by atoms with E-state index < -0.39 is 0 Å². The smallest absolute Gasteiger partial charge is 0.284 e. The van der Waals surface area contributed by atoms with Crippen LogP contribution in [0.25, 0.3) is 0 Å². The van der Waals surface area contributed by atoms with Gasteiger partial charge in [-0.1, -0.05) is 23.7 Å². The predicted octanol–water partition coefficient (Wildman–Crippen LogP) is 3.61. The first-order valence-electron chi connectivity index (χ1n) is 9.30. The molecule has 0 saturated heterocycles. The third-order valence-corrected chi connectivity index (χ3v) is 7.09. The molecule has 4 rings (SSSR count). The average molecular weight is 462 g/mol. The van der Waals surface area contributed by atoms with Crippen molar-refractivity contribution in [2.24, 2.45) is 0 Å². The number of thiazole rings is 1. The number of nitrogens with one attached hydrogen (secondary N) is 2. The second-order valence-electron chi connectivity index (χ2n) is 7.00. The number of para-hydroxylation sites is 1. The fourth-order valence-corrected chi connectivity index (χ4v) is 5.25. The molecule has 10 heteroatoms. The first kappa shape index (κ1) is 20.8. The minimum absolute atomic E-state index is 0.216. The molecule has 4 N–H and O–H groups in total. The number of aromatic nitrogens is 1. The van der Waals surface area contributed by atoms with Crippen molar-refractivity contribution in [2.45, 2.75) is 19.5 Å². The molecule has 3 heterocycles. The lowest BCUT2D eigenvalue weighted by molar-refractivity contribution is 0.0954. The number of hydrogen-bond donors (Lipinski definition) is 3. The standard InChI is InChI=1S/C20H20ClN5O2S2/c1-26-8-7-13-15(10-26)30-20(24-13)19(28)25-17-11(3-2-4-12(17)22)9-23-18(27)14-5-6-16(21)29-14/h2-6H,7-10,22H2,1H3,(H,23,27)(H,25,28). The molecule has 1 aliphatic rings. The van der Waals surface area contributed by atoms with Crippen molar-refractivity contribution in [1.29, 1.82) is 0 Å². The van der Waals surface area contributed by atoms with Crippen LogP contribution >= 0.6 is 34.3 Å². The number of rotatable bonds is 5. The van der Waals surface area contributed by atoms with Crippen LogP contribution in [0.4, 0.5) is 11.4 Å². The second-order valence-corrected chi connectivity index (χ2v) is 9.80. The summed E-state index contributed by atoms with van der Waals surface area (Å²) in [6.07, 6.45) is 0.840. The fourth-order valence-electron chi connectivity index (χ4n) is 3.21. The number of nitrogen functional groups attached to an aromatic ring is 1. The predicted molar refractivity (Wildman–Crippen MR) is 121 cm³/mol. The highest BCUT2D eigenvalue weighted by atomic mass is 35.5. The molecule has 0 radical (unpaired) electrons. The normalized spacial score (nSPS) is 13.7. The van der Waals surface area contributed by atoms with E-state index >= 15 is 0 Å². The van der Waals surface area contributed by atoms with Gasteiger partial charge < -0.3 is 21.3 Å². The molecule has 1 aromatic carbocycles. The average Bonchev–Trinajstić information content (AvgIpc) is 3.34. The van der Waals surface area contributed by atoms with Crippen LogP contribution in [0.15, 0.2) is 30.3 Å². The quantitative estimate of drug-likeness (QED) is 0.504. The summed E-state index contributed by atoms with van der Waals surface area (Å²) in [6.45, 7) is 1.95. The first-order chi connectivity index (χ1) is 14.4. The Labute approximate surface area is 186 Å². The van der Waals surface area contributed by atoms with E-state index in [4.69, 9.17) is 17.3 Å². The van der Waals surface area contributed by atoms with E-state index in [9.17, 15) is 9.59 Å². The van der Waals surface area contributed by atoms with Gasteiger partial charge in [0.05, 0.1) is 26.3 Å². The van der Waals surface area contributed by atoms with Gasteiger partial charge in [0.15, 0.2) is 5.01 Å². The molecule has 0 fully saturated rings. The molecule has 0 unspecified atom stereocenters. The second kappa shape index (κ2) is 8.73. The number of fused-ring (bicyclic) bond motifs is 1. The zero-order valence-corrected chi connectivity index (χ0v) is 18.6. The van der Waals surface area contributed by atoms with Crippen molar-refractivity contribution < 1.29 is 9.59 Å². The topological polar surface area (TPSA) is 100 Å². The van der Waals surface area contributed by atoms with Gasteiger partial charge in [0.2, 0.25) is 0 Å². The van der Waals surface area contributed by atoms with Crippen molar-refractivity contribution in [3.8, 4) is 0 Å². The van der Waals surface area contributed by atoms with Crippen LogP contribution in [0.5, 0.6) is 0 Å². The first-order valence-corrected chi connectivity index (χ1v) is 11.3. The Morgan fingerprint density at radius 2 is 2.07 bits per heavy atom. The number of likely N-dealkylation sites (N-methyl/N-ethyl adjacent to an activating group) is 1. The molecule has 30 heavy (non-hydrogen) atoms. The van der Waals surface area contributed by atoms with E-state index in [0.717, 1.165) is 30.1 Å². The SMILES string of the molecule is CN1CCc2nc(C(=O)Nc3c(N)cccc3CNC(=O)c3ccc(Cl)s3)sc2C1. The minimum atomic E-state index is -0.299. The lowest BCUT2D eigenvalue weighted by Crippen LogP contribution is -2.25. The number of thiophene rings is 1. The maximum absolute atomic E-state index is 12.8. The number of anilines is 2. The van der Waals surface area contributed by atoms with Gasteiger partial charge in [-0.05, 0) is 30.8 Å². The van der Waals surface area contributed by atoms with Gasteiger partial charge in [-0.25, -0.2) is 4.98 Å². The summed E-state index contributed by atoms with van der Waals surface area (Å²) < 4.78 is 0.550. The van der Waals surface area contributed by atoms with Gasteiger partial charge in [0.25, 0.3) is 11.8 Å². The summed E-state index contributed by atoms with van der Waals surface area (Å²) in [5.74, 6) is -0.532. The minimum Gasteiger partial charge on any atom is -0.397 e. The van der Waals surface area contributed by atoms with Gasteiger partial charge >= 0.3 is 0 Å². The molecular weight excluding hydrogens is 442 g/mol. The summed E-state index contributed by atoms with van der Waals surface area (Å²) in [4.78, 5) is 33.5. The summed E-state index contributed by atoms with van der Waals surface area (Å²) in [6, 6.07) is 8.66. The Balaban J connectivity index is 1.49. The van der Waals surface area contributed by atoms with Crippen molar-refractivity contribution in [1.82, 2.24) is 15.2 Å². The molecule has 0 atom stereocenters.